The summed E-state index contributed by atoms with van der Waals surface area (Å²) in [6, 6.07) is -1.48. The average molecular weight is 643 g/mol. The van der Waals surface area contributed by atoms with Crippen LogP contribution >= 0.6 is 0 Å². The number of amides is 1. The number of primary amides is 1. The fourth-order valence-corrected chi connectivity index (χ4v) is 4.22. The van der Waals surface area contributed by atoms with Crippen molar-refractivity contribution in [3.63, 3.8) is 0 Å². The number of hydrogen-bond donors (Lipinski definition) is 3. The number of hydrogen-bond acceptors (Lipinski definition) is 12. The molecule has 0 radical (unpaired) electrons. The number of rotatable bonds is 27. The van der Waals surface area contributed by atoms with Gasteiger partial charge in [-0.25, -0.2) is 0 Å². The molecular weight excluding hydrogens is 601 g/mol. The molecule has 0 aliphatic carbocycles. The zero-order valence-electron chi connectivity index (χ0n) is 25.8. The van der Waals surface area contributed by atoms with Gasteiger partial charge in [0, 0.05) is 45.2 Å². The summed E-state index contributed by atoms with van der Waals surface area (Å²) in [6.07, 6.45) is 6.16. The van der Waals surface area contributed by atoms with E-state index < -0.39 is 67.9 Å². The molecule has 18 heteroatoms. The van der Waals surface area contributed by atoms with Crippen molar-refractivity contribution in [2.24, 2.45) is 5.73 Å². The third-order valence-corrected chi connectivity index (χ3v) is 6.21. The molecule has 0 aromatic rings. The third-order valence-electron chi connectivity index (χ3n) is 6.21. The first-order valence-electron chi connectivity index (χ1n) is 13.3. The van der Waals surface area contributed by atoms with E-state index in [1.807, 2.05) is 4.90 Å². The standard InChI is InChI=1S/C25H44N4O11.3Na/c26-20(30)15-19(25(39)40)29(18-24(37)38)14-13-27(11-12-28(16-22(33)34)17-23(35)36)10-8-6-4-2-1-3-5-7-9-21(31)32;;;/h19H,1-18H2,(H2,26,30)(H,31,32)(H,33,34)(H,35,36)(H,37,38)(H,39,40);;;/q;3*+1/p-3. The van der Waals surface area contributed by atoms with Crippen LogP contribution in [0, 0.1) is 0 Å². The minimum atomic E-state index is -1.54. The van der Waals surface area contributed by atoms with Crippen molar-refractivity contribution in [3.05, 3.63) is 0 Å². The van der Waals surface area contributed by atoms with Crippen LogP contribution in [-0.4, -0.2) is 119 Å². The molecule has 0 aromatic carbocycles. The number of nitrogens with zero attached hydrogens (tertiary/aromatic N) is 3. The Bertz CT molecular complexity index is 824. The van der Waals surface area contributed by atoms with Gasteiger partial charge in [0.25, 0.3) is 0 Å². The first-order chi connectivity index (χ1) is 18.8. The van der Waals surface area contributed by atoms with E-state index >= 15 is 0 Å². The number of unbranched alkanes of at least 4 members (excludes halogenated alkanes) is 7. The third kappa shape index (κ3) is 30.1. The number of aliphatic carboxylic acids is 5. The van der Waals surface area contributed by atoms with Gasteiger partial charge >= 0.3 is 101 Å². The summed E-state index contributed by atoms with van der Waals surface area (Å²) < 4.78 is 0. The van der Waals surface area contributed by atoms with Crippen LogP contribution in [0.15, 0.2) is 0 Å². The second kappa shape index (κ2) is 30.4. The molecule has 1 atom stereocenters. The topological polar surface area (TPSA) is 248 Å². The van der Waals surface area contributed by atoms with Crippen molar-refractivity contribution in [1.82, 2.24) is 14.7 Å². The molecule has 43 heavy (non-hydrogen) atoms. The van der Waals surface area contributed by atoms with Gasteiger partial charge in [0.05, 0.1) is 24.9 Å². The molecule has 0 aromatic heterocycles. The quantitative estimate of drug-likeness (QED) is 0.0556. The number of carboxylic acids is 5. The van der Waals surface area contributed by atoms with Crippen LogP contribution < -0.4 is 110 Å². The molecule has 0 aliphatic rings. The monoisotopic (exact) mass is 642 g/mol. The molecule has 0 fully saturated rings. The van der Waals surface area contributed by atoms with Crippen LogP contribution in [0.4, 0.5) is 0 Å². The second-order valence-corrected chi connectivity index (χ2v) is 9.64. The van der Waals surface area contributed by atoms with Gasteiger partial charge < -0.3 is 50.5 Å². The van der Waals surface area contributed by atoms with Crippen molar-refractivity contribution >= 4 is 35.8 Å². The van der Waals surface area contributed by atoms with Crippen molar-refractivity contribution < 1.29 is 143 Å². The zero-order chi connectivity index (χ0) is 30.5. The molecule has 0 saturated carbocycles. The van der Waals surface area contributed by atoms with Gasteiger partial charge in [-0.05, 0) is 25.8 Å². The second-order valence-electron chi connectivity index (χ2n) is 9.64. The summed E-state index contributed by atoms with van der Waals surface area (Å²) in [5, 5.41) is 51.3. The van der Waals surface area contributed by atoms with E-state index in [4.69, 9.17) is 10.8 Å². The molecule has 0 spiro atoms. The van der Waals surface area contributed by atoms with Gasteiger partial charge in [0.1, 0.15) is 6.04 Å². The summed E-state index contributed by atoms with van der Waals surface area (Å²) in [7, 11) is 0. The zero-order valence-corrected chi connectivity index (χ0v) is 31.8. The maximum atomic E-state index is 11.7. The van der Waals surface area contributed by atoms with E-state index in [-0.39, 0.29) is 121 Å². The molecule has 0 aliphatic heterocycles. The van der Waals surface area contributed by atoms with Crippen LogP contribution in [0.2, 0.25) is 0 Å². The Balaban J connectivity index is -0.00000253. The molecule has 0 saturated heterocycles. The van der Waals surface area contributed by atoms with Gasteiger partial charge in [-0.15, -0.1) is 0 Å². The summed E-state index contributed by atoms with van der Waals surface area (Å²) in [5.74, 6) is -7.59. The number of carbonyl (C=O) groups excluding carboxylic acids is 4. The average Bonchev–Trinajstić information content (AvgIpc) is 2.82. The van der Waals surface area contributed by atoms with E-state index in [1.54, 1.807) is 0 Å². The van der Waals surface area contributed by atoms with Gasteiger partial charge in [0.15, 0.2) is 0 Å². The molecule has 0 heterocycles. The summed E-state index contributed by atoms with van der Waals surface area (Å²) >= 11 is 0. The summed E-state index contributed by atoms with van der Waals surface area (Å²) in [5.41, 5.74) is 5.13. The first-order valence-corrected chi connectivity index (χ1v) is 13.3. The Hall–Kier alpha value is -0.300. The molecule has 0 bridgehead atoms. The summed E-state index contributed by atoms with van der Waals surface area (Å²) in [4.78, 5) is 70.9. The fourth-order valence-electron chi connectivity index (χ4n) is 4.22. The SMILES string of the molecule is NC(=O)CC(C(=O)O)N(CCN(CCCCCCCCCCC(=O)[O-])CCN(CC(=O)[O-])CC(=O)O)CC(=O)[O-].[Na+].[Na+].[Na+]. The van der Waals surface area contributed by atoms with Crippen LogP contribution in [-0.2, 0) is 28.8 Å². The van der Waals surface area contributed by atoms with Crippen molar-refractivity contribution in [1.29, 1.82) is 0 Å². The Kier molecular flexibility index (Phi) is 35.0. The van der Waals surface area contributed by atoms with E-state index in [9.17, 15) is 49.2 Å². The number of carboxylic acid groups (broad SMARTS) is 5. The molecular formula is C25H41N4Na3O11. The van der Waals surface area contributed by atoms with Gasteiger partial charge in [0.2, 0.25) is 5.91 Å². The minimum absolute atomic E-state index is 0. The maximum absolute atomic E-state index is 11.7. The van der Waals surface area contributed by atoms with Crippen molar-refractivity contribution in [3.8, 4) is 0 Å². The smallest absolute Gasteiger partial charge is 0.550 e. The number of carbonyl (C=O) groups is 6. The van der Waals surface area contributed by atoms with Crippen molar-refractivity contribution in [2.45, 2.75) is 70.3 Å². The van der Waals surface area contributed by atoms with Crippen LogP contribution in [0.5, 0.6) is 0 Å². The van der Waals surface area contributed by atoms with Gasteiger partial charge in [-0.2, -0.15) is 0 Å². The van der Waals surface area contributed by atoms with Gasteiger partial charge in [-0.3, -0.25) is 24.2 Å². The molecule has 1 unspecified atom stereocenters. The number of nitrogens with two attached hydrogens (primary N) is 1. The first kappa shape index (κ1) is 49.6. The van der Waals surface area contributed by atoms with E-state index in [2.05, 4.69) is 0 Å². The van der Waals surface area contributed by atoms with E-state index in [0.29, 0.717) is 19.4 Å². The normalized spacial score (nSPS) is 11.2. The predicted octanol–water partition coefficient (Wildman–Crippen LogP) is -12.9. The maximum Gasteiger partial charge on any atom is 1.00 e. The van der Waals surface area contributed by atoms with E-state index in [0.717, 1.165) is 43.4 Å². The molecule has 15 nitrogen and oxygen atoms in total. The van der Waals surface area contributed by atoms with Crippen LogP contribution in [0.1, 0.15) is 64.2 Å². The van der Waals surface area contributed by atoms with E-state index in [1.165, 1.54) is 4.90 Å². The summed E-state index contributed by atoms with van der Waals surface area (Å²) in [6.45, 7) is -1.05. The largest absolute Gasteiger partial charge is 1.00 e. The van der Waals surface area contributed by atoms with Crippen LogP contribution in [0.25, 0.3) is 0 Å². The van der Waals surface area contributed by atoms with Crippen LogP contribution in [0.3, 0.4) is 0 Å². The van der Waals surface area contributed by atoms with Crippen molar-refractivity contribution in [2.75, 3.05) is 52.4 Å². The molecule has 1 amide bonds. The minimum Gasteiger partial charge on any atom is -0.550 e. The fraction of sp³-hybridized carbons (Fsp3) is 0.760. The Morgan fingerprint density at radius 1 is 0.581 bits per heavy atom. The molecule has 230 valence electrons. The predicted molar refractivity (Wildman–Crippen MR) is 134 cm³/mol. The Morgan fingerprint density at radius 3 is 1.49 bits per heavy atom. The molecule has 4 N–H and O–H groups in total. The Labute approximate surface area is 318 Å². The Morgan fingerprint density at radius 2 is 1.05 bits per heavy atom. The molecule has 0 rings (SSSR count). The van der Waals surface area contributed by atoms with Gasteiger partial charge in [-0.1, -0.05) is 38.5 Å².